The van der Waals surface area contributed by atoms with E-state index in [1.807, 2.05) is 17.5 Å². The second-order valence-electron chi connectivity index (χ2n) is 5.03. The molecule has 100 valence electrons. The molecule has 0 amide bonds. The number of aromatic carboxylic acids is 1. The van der Waals surface area contributed by atoms with Gasteiger partial charge in [-0.05, 0) is 30.2 Å². The number of carboxylic acid groups (broad SMARTS) is 1. The summed E-state index contributed by atoms with van der Waals surface area (Å²) in [5.74, 6) is 0.637. The summed E-state index contributed by atoms with van der Waals surface area (Å²) < 4.78 is 5.79. The molecule has 0 bridgehead atoms. The van der Waals surface area contributed by atoms with Gasteiger partial charge in [0.15, 0.2) is 5.69 Å². The number of hydrogen-bond donors (Lipinski definition) is 1. The Morgan fingerprint density at radius 2 is 2.37 bits per heavy atom. The fraction of sp³-hybridized carbons (Fsp3) is 0.429. The molecule has 2 heterocycles. The van der Waals surface area contributed by atoms with Crippen molar-refractivity contribution >= 4 is 17.3 Å². The Balaban J connectivity index is 2.05. The number of rotatable bonds is 3. The highest BCUT2D eigenvalue weighted by Gasteiger charge is 2.33. The molecule has 3 rings (SSSR count). The van der Waals surface area contributed by atoms with Crippen molar-refractivity contribution in [1.82, 2.24) is 4.98 Å². The largest absolute Gasteiger partial charge is 0.476 e. The van der Waals surface area contributed by atoms with E-state index < -0.39 is 5.97 Å². The first-order chi connectivity index (χ1) is 9.16. The van der Waals surface area contributed by atoms with E-state index in [-0.39, 0.29) is 11.6 Å². The van der Waals surface area contributed by atoms with Gasteiger partial charge in [0.25, 0.3) is 0 Å². The molecule has 4 nitrogen and oxygen atoms in total. The van der Waals surface area contributed by atoms with Crippen LogP contribution in [-0.2, 0) is 0 Å². The molecule has 1 saturated carbocycles. The predicted molar refractivity (Wildman–Crippen MR) is 72.5 cm³/mol. The van der Waals surface area contributed by atoms with Crippen LogP contribution in [-0.4, -0.2) is 16.1 Å². The minimum absolute atomic E-state index is 0.0853. The lowest BCUT2D eigenvalue weighted by atomic mass is 9.94. The summed E-state index contributed by atoms with van der Waals surface area (Å²) in [6, 6.07) is 3.80. The maximum absolute atomic E-state index is 11.3. The lowest BCUT2D eigenvalue weighted by Gasteiger charge is -2.12. The van der Waals surface area contributed by atoms with Gasteiger partial charge in [-0.15, -0.1) is 11.3 Å². The van der Waals surface area contributed by atoms with Gasteiger partial charge in [0.05, 0.1) is 4.88 Å². The van der Waals surface area contributed by atoms with Crippen molar-refractivity contribution < 1.29 is 14.3 Å². The molecule has 1 N–H and O–H groups in total. The van der Waals surface area contributed by atoms with Gasteiger partial charge < -0.3 is 9.52 Å². The van der Waals surface area contributed by atoms with Crippen LogP contribution in [0, 0.1) is 5.92 Å². The smallest absolute Gasteiger partial charge is 0.358 e. The average molecular weight is 277 g/mol. The van der Waals surface area contributed by atoms with E-state index >= 15 is 0 Å². The topological polar surface area (TPSA) is 63.3 Å². The predicted octanol–water partition coefficient (Wildman–Crippen LogP) is 4.00. The van der Waals surface area contributed by atoms with Crippen molar-refractivity contribution in [2.75, 3.05) is 0 Å². The Labute approximate surface area is 115 Å². The van der Waals surface area contributed by atoms with Gasteiger partial charge in [-0.2, -0.15) is 0 Å². The highest BCUT2D eigenvalue weighted by Crippen LogP contribution is 2.42. The van der Waals surface area contributed by atoms with Gasteiger partial charge in [0.1, 0.15) is 5.76 Å². The molecule has 0 saturated heterocycles. The van der Waals surface area contributed by atoms with Crippen molar-refractivity contribution in [1.29, 1.82) is 0 Å². The lowest BCUT2D eigenvalue weighted by molar-refractivity contribution is 0.0687. The molecule has 0 spiro atoms. The third kappa shape index (κ3) is 2.18. The summed E-state index contributed by atoms with van der Waals surface area (Å²) in [5, 5.41) is 11.2. The van der Waals surface area contributed by atoms with Crippen molar-refractivity contribution in [2.24, 2.45) is 5.92 Å². The Morgan fingerprint density at radius 1 is 1.53 bits per heavy atom. The molecule has 2 atom stereocenters. The van der Waals surface area contributed by atoms with Crippen LogP contribution in [0.4, 0.5) is 0 Å². The SMILES string of the molecule is CC1CCCC1c1oc(-c2cccs2)nc1C(=O)O. The summed E-state index contributed by atoms with van der Waals surface area (Å²) in [4.78, 5) is 16.4. The molecule has 0 aliphatic heterocycles. The number of oxazole rings is 1. The van der Waals surface area contributed by atoms with Crippen LogP contribution in [0.15, 0.2) is 21.9 Å². The summed E-state index contributed by atoms with van der Waals surface area (Å²) in [7, 11) is 0. The average Bonchev–Trinajstić information content (AvgIpc) is 3.07. The van der Waals surface area contributed by atoms with E-state index in [0.717, 1.165) is 24.1 Å². The monoisotopic (exact) mass is 277 g/mol. The Bertz CT molecular complexity index is 588. The molecule has 1 aliphatic rings. The maximum Gasteiger partial charge on any atom is 0.358 e. The summed E-state index contributed by atoms with van der Waals surface area (Å²) in [6.45, 7) is 2.15. The van der Waals surface area contributed by atoms with Crippen molar-refractivity contribution in [3.63, 3.8) is 0 Å². The first-order valence-corrected chi connectivity index (χ1v) is 7.32. The maximum atomic E-state index is 11.3. The zero-order valence-corrected chi connectivity index (χ0v) is 11.4. The summed E-state index contributed by atoms with van der Waals surface area (Å²) >= 11 is 1.50. The van der Waals surface area contributed by atoms with Gasteiger partial charge in [-0.3, -0.25) is 0 Å². The van der Waals surface area contributed by atoms with Crippen LogP contribution in [0.25, 0.3) is 10.8 Å². The molecule has 0 aromatic carbocycles. The Hall–Kier alpha value is -1.62. The van der Waals surface area contributed by atoms with Gasteiger partial charge in [-0.25, -0.2) is 9.78 Å². The quantitative estimate of drug-likeness (QED) is 0.920. The van der Waals surface area contributed by atoms with E-state index in [2.05, 4.69) is 11.9 Å². The number of hydrogen-bond acceptors (Lipinski definition) is 4. The molecule has 0 radical (unpaired) electrons. The number of thiophene rings is 1. The van der Waals surface area contributed by atoms with Gasteiger partial charge in [0.2, 0.25) is 5.89 Å². The van der Waals surface area contributed by atoms with Crippen molar-refractivity contribution in [3.05, 3.63) is 29.0 Å². The molecule has 19 heavy (non-hydrogen) atoms. The highest BCUT2D eigenvalue weighted by atomic mass is 32.1. The number of aromatic nitrogens is 1. The molecule has 1 fully saturated rings. The zero-order valence-electron chi connectivity index (χ0n) is 10.6. The standard InChI is InChI=1S/C14H15NO3S/c1-8-4-2-5-9(8)12-11(14(16)17)15-13(18-12)10-6-3-7-19-10/h3,6-9H,2,4-5H2,1H3,(H,16,17). The third-order valence-corrected chi connectivity index (χ3v) is 4.64. The highest BCUT2D eigenvalue weighted by molar-refractivity contribution is 7.13. The molecule has 2 aromatic heterocycles. The van der Waals surface area contributed by atoms with E-state index in [1.54, 1.807) is 0 Å². The van der Waals surface area contributed by atoms with Crippen LogP contribution >= 0.6 is 11.3 Å². The minimum Gasteiger partial charge on any atom is -0.476 e. The fourth-order valence-corrected chi connectivity index (χ4v) is 3.43. The second-order valence-corrected chi connectivity index (χ2v) is 5.98. The van der Waals surface area contributed by atoms with Crippen molar-refractivity contribution in [3.8, 4) is 10.8 Å². The van der Waals surface area contributed by atoms with Gasteiger partial charge in [0, 0.05) is 5.92 Å². The molecule has 2 aromatic rings. The Morgan fingerprint density at radius 3 is 2.95 bits per heavy atom. The second kappa shape index (κ2) is 4.81. The van der Waals surface area contributed by atoms with E-state index in [1.165, 1.54) is 11.3 Å². The number of carbonyl (C=O) groups is 1. The summed E-state index contributed by atoms with van der Waals surface area (Å²) in [5.41, 5.74) is 0.0853. The first kappa shape index (κ1) is 12.4. The van der Waals surface area contributed by atoms with Gasteiger partial charge in [-0.1, -0.05) is 19.4 Å². The Kier molecular flexibility index (Phi) is 3.14. The van der Waals surface area contributed by atoms with Gasteiger partial charge >= 0.3 is 5.97 Å². The van der Waals surface area contributed by atoms with Crippen LogP contribution in [0.1, 0.15) is 48.4 Å². The van der Waals surface area contributed by atoms with Crippen molar-refractivity contribution in [2.45, 2.75) is 32.1 Å². The van der Waals surface area contributed by atoms with Crippen LogP contribution in [0.3, 0.4) is 0 Å². The fourth-order valence-electron chi connectivity index (χ4n) is 2.78. The number of carboxylic acids is 1. The van der Waals surface area contributed by atoms with E-state index in [0.29, 0.717) is 17.6 Å². The molecule has 1 aliphatic carbocycles. The summed E-state index contributed by atoms with van der Waals surface area (Å²) in [6.07, 6.45) is 3.24. The molecular formula is C14H15NO3S. The molecular weight excluding hydrogens is 262 g/mol. The van der Waals surface area contributed by atoms with Crippen LogP contribution < -0.4 is 0 Å². The molecule has 2 unspecified atom stereocenters. The zero-order chi connectivity index (χ0) is 13.4. The van der Waals surface area contributed by atoms with E-state index in [4.69, 9.17) is 4.42 Å². The lowest BCUT2D eigenvalue weighted by Crippen LogP contribution is -2.08. The van der Waals surface area contributed by atoms with Crippen LogP contribution in [0.5, 0.6) is 0 Å². The first-order valence-electron chi connectivity index (χ1n) is 6.44. The van der Waals surface area contributed by atoms with E-state index in [9.17, 15) is 9.90 Å². The normalized spacial score (nSPS) is 22.8. The minimum atomic E-state index is -0.999. The van der Waals surface area contributed by atoms with Crippen LogP contribution in [0.2, 0.25) is 0 Å². The third-order valence-electron chi connectivity index (χ3n) is 3.79. The number of nitrogens with zero attached hydrogens (tertiary/aromatic N) is 1. The molecule has 5 heteroatoms.